The minimum atomic E-state index is -3.22. The number of ether oxygens (including phenoxy) is 4. The maximum Gasteiger partial charge on any atom is 0.347 e. The van der Waals surface area contributed by atoms with Gasteiger partial charge in [0.25, 0.3) is 22.9 Å². The molecule has 2 saturated heterocycles. The number of anilines is 5. The van der Waals surface area contributed by atoms with Gasteiger partial charge in [-0.3, -0.25) is 71.1 Å². The van der Waals surface area contributed by atoms with E-state index in [0.717, 1.165) is 41.4 Å². The molecule has 113 heavy (non-hydrogen) atoms. The van der Waals surface area contributed by atoms with Crippen molar-refractivity contribution >= 4 is 321 Å². The molecule has 2 fully saturated rings. The Balaban J connectivity index is 0.000000681. The molecule has 7 rings (SSSR count). The Bertz CT molecular complexity index is 4480. The number of hydrogen-bond acceptors (Lipinski definition) is 21. The van der Waals surface area contributed by atoms with E-state index in [9.17, 15) is 80.1 Å². The molecular formula is C54H61B20Cl4F3I2N11O18P. The summed E-state index contributed by atoms with van der Waals surface area (Å²) >= 11 is 23.7. The Morgan fingerprint density at radius 3 is 1.19 bits per heavy atom. The van der Waals surface area contributed by atoms with Crippen LogP contribution >= 0.6 is 95.7 Å². The number of carbonyl (C=O) groups is 9. The zero-order chi connectivity index (χ0) is 87.6. The highest BCUT2D eigenvalue weighted by molar-refractivity contribution is 14.1. The third-order valence-electron chi connectivity index (χ3n) is 15.7. The third-order valence-corrected chi connectivity index (χ3v) is 17.6. The molecule has 22 radical (unpaired) electrons. The normalized spacial score (nSPS) is 13.5. The highest BCUT2D eigenvalue weighted by Gasteiger charge is 2.49. The Kier molecular flexibility index (Phi) is 45.0. The van der Waals surface area contributed by atoms with Gasteiger partial charge in [-0.25, -0.2) is 41.9 Å². The van der Waals surface area contributed by atoms with Crippen molar-refractivity contribution in [3.8, 4) is 0 Å². The van der Waals surface area contributed by atoms with Gasteiger partial charge >= 0.3 is 52.5 Å². The number of imide groups is 3. The van der Waals surface area contributed by atoms with Crippen molar-refractivity contribution in [1.82, 2.24) is 37.9 Å². The average molecular weight is 1850 g/mol. The summed E-state index contributed by atoms with van der Waals surface area (Å²) in [6.07, 6.45) is -7.15. The molecule has 2 aliphatic rings. The summed E-state index contributed by atoms with van der Waals surface area (Å²) < 4.78 is 74.2. The molecule has 7 amide bonds. The number of amides is 7. The van der Waals surface area contributed by atoms with Crippen LogP contribution in [0.4, 0.5) is 51.5 Å². The zero-order valence-corrected chi connectivity index (χ0v) is 71.0. The molecule has 0 saturated carbocycles. The second-order valence-corrected chi connectivity index (χ2v) is 33.1. The number of hydrogen-bond donors (Lipinski definition) is 3. The number of urea groups is 2. The summed E-state index contributed by atoms with van der Waals surface area (Å²) in [4.78, 5) is 157. The molecule has 0 spiro atoms. The van der Waals surface area contributed by atoms with E-state index in [1.807, 2.05) is 45.2 Å². The van der Waals surface area contributed by atoms with Crippen molar-refractivity contribution in [3.63, 3.8) is 0 Å². The monoisotopic (exact) mass is 1850 g/mol. The number of nitrogens with zero attached hydrogens (tertiary/aromatic N) is 8. The predicted molar refractivity (Wildman–Crippen MR) is 468 cm³/mol. The highest BCUT2D eigenvalue weighted by atomic mass is 127. The van der Waals surface area contributed by atoms with Crippen LogP contribution < -0.4 is 38.9 Å². The Hall–Kier alpha value is -6.21. The lowest BCUT2D eigenvalue weighted by Crippen LogP contribution is -2.80. The maximum atomic E-state index is 14.1. The number of nitrogen functional groups attached to an aromatic ring is 1. The molecule has 0 aliphatic carbocycles. The molecule has 2 aliphatic heterocycles. The predicted octanol–water partition coefficient (Wildman–Crippen LogP) is -0.431. The van der Waals surface area contributed by atoms with E-state index >= 15 is 0 Å². The number of nitrogens with one attached hydrogen (secondary N) is 2. The Morgan fingerprint density at radius 1 is 0.496 bits per heavy atom. The van der Waals surface area contributed by atoms with E-state index in [1.165, 1.54) is 92.8 Å². The summed E-state index contributed by atoms with van der Waals surface area (Å²) in [6.45, 7) is 6.73. The van der Waals surface area contributed by atoms with Crippen molar-refractivity contribution in [2.24, 2.45) is 40.0 Å². The lowest BCUT2D eigenvalue weighted by molar-refractivity contribution is -0.163. The molecule has 4 N–H and O–H groups in total. The summed E-state index contributed by atoms with van der Waals surface area (Å²) in [7, 11) is 73.5. The van der Waals surface area contributed by atoms with Crippen LogP contribution in [-0.2, 0) is 75.7 Å². The first kappa shape index (κ1) is 105. The molecule has 2 atom stereocenters. The van der Waals surface area contributed by atoms with Crippen molar-refractivity contribution in [2.45, 2.75) is 33.2 Å². The number of aromatic nitrogens is 4. The first-order valence-corrected chi connectivity index (χ1v) is 39.7. The van der Waals surface area contributed by atoms with E-state index < -0.39 is 168 Å². The molecule has 4 heterocycles. The first-order valence-electron chi connectivity index (χ1n) is 32.7. The van der Waals surface area contributed by atoms with Gasteiger partial charge in [-0.2, -0.15) is 0 Å². The van der Waals surface area contributed by atoms with Gasteiger partial charge in [-0.1, -0.05) is 23.7 Å². The van der Waals surface area contributed by atoms with Gasteiger partial charge in [-0.15, -0.1) is 0 Å². The van der Waals surface area contributed by atoms with E-state index in [1.54, 1.807) is 52.0 Å². The molecule has 2 unspecified atom stereocenters. The van der Waals surface area contributed by atoms with Crippen LogP contribution in [0, 0.1) is 36.4 Å². The minimum Gasteiger partial charge on any atom is -0.465 e. The van der Waals surface area contributed by atoms with Crippen LogP contribution in [0.1, 0.15) is 48.4 Å². The molecule has 0 bridgehead atoms. The second kappa shape index (κ2) is 48.5. The summed E-state index contributed by atoms with van der Waals surface area (Å²) in [6, 6.07) is 13.5. The van der Waals surface area contributed by atoms with Crippen LogP contribution in [0.2, 0.25) is 0 Å². The van der Waals surface area contributed by atoms with E-state index in [4.69, 9.17) is 117 Å². The van der Waals surface area contributed by atoms with E-state index in [-0.39, 0.29) is 72.1 Å². The smallest absolute Gasteiger partial charge is 0.347 e. The van der Waals surface area contributed by atoms with Gasteiger partial charge in [0.1, 0.15) is 34.6 Å². The fourth-order valence-corrected chi connectivity index (χ4v) is 11.2. The second-order valence-electron chi connectivity index (χ2n) is 23.6. The Morgan fingerprint density at radius 2 is 0.850 bits per heavy atom. The van der Waals surface area contributed by atoms with Gasteiger partial charge in [0.2, 0.25) is 11.8 Å². The molecule has 59 heteroatoms. The highest BCUT2D eigenvalue weighted by Crippen LogP contribution is 2.61. The topological polar surface area (TPSA) is 359 Å². The number of esters is 4. The van der Waals surface area contributed by atoms with Gasteiger partial charge in [0.05, 0.1) is 43.5 Å². The van der Waals surface area contributed by atoms with Crippen LogP contribution in [0.3, 0.4) is 0 Å². The molecule has 3 aromatic carbocycles. The average Bonchev–Trinajstić information content (AvgIpc) is 0.786. The fraction of sp³-hybridized carbons (Fsp3) is 0.352. The molecule has 29 nitrogen and oxygen atoms in total. The number of nitrogens with two attached hydrogens (primary N) is 1. The number of para-hydroxylation sites is 1. The number of rotatable bonds is 20. The standard InChI is InChI=1S/C15H15FIN3O4.C15H16FN3O4.C9H13ClN2O4.C9H12N2O5.C6H5FIN.B20.Cl3OP/c1-4-24-14(22)11-12(19(2)15(23)20(3)13(11)21)18-10-6-5-8(17)7-9(10)16;1-4-23-14(21)11-12(17-10-8-6-5-7-9(10)16)18(2)15(22)19(3)13(11)20;1-4-16-8(14)5-6(10)11(2)9(15)12(3)7(5)13;1-4-16-8(14)5-6(12)10(2)9(15)11(3)7(5)13;7-5-3-4(8)1-2-6(5)9;1-12(2)17(11)20(18(13(3)4)14(5)6)19(15(7)8)16(9)10;1-5(2,3)4/h5-7,18H,4H2,1-3H3;5-8,17H,4H2,1-3H3;5-6H,4H2,1-3H3;5H,4H2,1-3H3;1-3H,9H2;;. The van der Waals surface area contributed by atoms with Gasteiger partial charge in [0.15, 0.2) is 17.0 Å². The van der Waals surface area contributed by atoms with Crippen LogP contribution in [0.25, 0.3) is 0 Å². The third kappa shape index (κ3) is 30.0. The largest absolute Gasteiger partial charge is 0.465 e. The van der Waals surface area contributed by atoms with Crippen LogP contribution in [0.15, 0.2) is 79.8 Å². The Labute approximate surface area is 714 Å². The lowest BCUT2D eigenvalue weighted by atomic mass is 8.39. The van der Waals surface area contributed by atoms with Crippen molar-refractivity contribution < 1.29 is 79.8 Å². The summed E-state index contributed by atoms with van der Waals surface area (Å²) in [5.41, 5.74) is 0.816. The SMILES string of the molecule is CCOC(=O)C1C(=O)N(C)C(=O)N(C)C1=O.CCOC(=O)C1C(=O)N(C)C(=O)N(C)C1Cl.CCOC(=O)c1c(Nc2ccc(I)cc2F)n(C)c(=O)n(C)c1=O.CCOC(=O)c1c(Nc2ccccc2F)n(C)c(=O)n(C)c1=O.Nc1ccc(I)cc1F.O=P(Cl)(Cl)Cl.[B]B([B])B([B])B(B(B([B])[B])B([B])[B])B(B([B])[B])B([B])[B]. The zero-order valence-electron chi connectivity index (χ0n) is 62.7. The van der Waals surface area contributed by atoms with Gasteiger partial charge in [0, 0.05) is 206 Å². The van der Waals surface area contributed by atoms with Crippen LogP contribution in [0.5, 0.6) is 0 Å². The summed E-state index contributed by atoms with van der Waals surface area (Å²) in [5.74, 6) is -10.2. The van der Waals surface area contributed by atoms with Crippen LogP contribution in [-0.4, -0.2) is 294 Å². The number of carbonyl (C=O) groups excluding carboxylic acids is 9. The maximum absolute atomic E-state index is 14.1. The first-order chi connectivity index (χ1) is 52.2. The number of halogens is 9. The fourth-order valence-electron chi connectivity index (χ4n) is 10.00. The molecule has 5 aromatic rings. The lowest BCUT2D eigenvalue weighted by Gasteiger charge is -2.42. The summed E-state index contributed by atoms with van der Waals surface area (Å²) in [5, 5.41) is 2.06. The number of barbiturate groups is 1. The molecular weight excluding hydrogens is 1790 g/mol. The van der Waals surface area contributed by atoms with E-state index in [0.29, 0.717) is 3.57 Å². The minimum absolute atomic E-state index is 0.0290. The van der Waals surface area contributed by atoms with Crippen molar-refractivity contribution in [2.75, 3.05) is 71.0 Å². The van der Waals surface area contributed by atoms with Gasteiger partial charge in [-0.05, 0) is 155 Å². The van der Waals surface area contributed by atoms with E-state index in [2.05, 4.69) is 49.1 Å². The van der Waals surface area contributed by atoms with Crippen molar-refractivity contribution in [3.05, 3.63) is 138 Å². The number of alkyl halides is 1. The molecule has 568 valence electrons. The van der Waals surface area contributed by atoms with Crippen molar-refractivity contribution in [1.29, 1.82) is 0 Å². The van der Waals surface area contributed by atoms with Gasteiger partial charge < -0.3 is 40.2 Å². The quantitative estimate of drug-likeness (QED) is 0.0102. The number of benzene rings is 3. The molecule has 2 aromatic heterocycles.